The SMILES string of the molecule is CN=C(NC1CC1c1ccccc1F)N1CCC(N2CCCC2)C1. The van der Waals surface area contributed by atoms with Crippen molar-refractivity contribution in [2.75, 3.05) is 33.2 Å². The summed E-state index contributed by atoms with van der Waals surface area (Å²) < 4.78 is 13.9. The van der Waals surface area contributed by atoms with Crippen molar-refractivity contribution in [3.8, 4) is 0 Å². The fraction of sp³-hybridized carbons (Fsp3) is 0.632. The molecule has 1 saturated carbocycles. The van der Waals surface area contributed by atoms with Gasteiger partial charge >= 0.3 is 0 Å². The van der Waals surface area contributed by atoms with Gasteiger partial charge in [-0.3, -0.25) is 9.89 Å². The highest BCUT2D eigenvalue weighted by Gasteiger charge is 2.41. The summed E-state index contributed by atoms with van der Waals surface area (Å²) in [5, 5.41) is 3.56. The molecule has 4 nitrogen and oxygen atoms in total. The summed E-state index contributed by atoms with van der Waals surface area (Å²) in [7, 11) is 1.85. The van der Waals surface area contributed by atoms with Crippen LogP contribution < -0.4 is 5.32 Å². The van der Waals surface area contributed by atoms with Gasteiger partial charge in [-0.15, -0.1) is 0 Å². The number of hydrogen-bond acceptors (Lipinski definition) is 2. The summed E-state index contributed by atoms with van der Waals surface area (Å²) in [5.41, 5.74) is 0.835. The monoisotopic (exact) mass is 330 g/mol. The van der Waals surface area contributed by atoms with Crippen LogP contribution in [0, 0.1) is 5.82 Å². The second-order valence-corrected chi connectivity index (χ2v) is 7.29. The van der Waals surface area contributed by atoms with Crippen LogP contribution in [0.2, 0.25) is 0 Å². The molecule has 4 rings (SSSR count). The van der Waals surface area contributed by atoms with Crippen molar-refractivity contribution >= 4 is 5.96 Å². The van der Waals surface area contributed by atoms with Crippen LogP contribution in [0.15, 0.2) is 29.3 Å². The Morgan fingerprint density at radius 2 is 2.00 bits per heavy atom. The van der Waals surface area contributed by atoms with Crippen molar-refractivity contribution in [1.29, 1.82) is 0 Å². The number of likely N-dealkylation sites (tertiary alicyclic amines) is 2. The second kappa shape index (κ2) is 6.71. The molecule has 0 bridgehead atoms. The van der Waals surface area contributed by atoms with Crippen molar-refractivity contribution < 1.29 is 4.39 Å². The van der Waals surface area contributed by atoms with Gasteiger partial charge in [0.1, 0.15) is 5.82 Å². The Bertz CT molecular complexity index is 611. The van der Waals surface area contributed by atoms with E-state index < -0.39 is 0 Å². The Balaban J connectivity index is 1.34. The standard InChI is InChI=1S/C19H27FN4/c1-21-19(24-11-8-14(13-24)23-9-4-5-10-23)22-18-12-16(18)15-6-2-3-7-17(15)20/h2-3,6-7,14,16,18H,4-5,8-13H2,1H3,(H,21,22). The third-order valence-corrected chi connectivity index (χ3v) is 5.74. The van der Waals surface area contributed by atoms with E-state index in [4.69, 9.17) is 0 Å². The molecule has 24 heavy (non-hydrogen) atoms. The van der Waals surface area contributed by atoms with E-state index in [1.54, 1.807) is 12.1 Å². The van der Waals surface area contributed by atoms with Crippen molar-refractivity contribution in [2.24, 2.45) is 4.99 Å². The molecule has 3 fully saturated rings. The lowest BCUT2D eigenvalue weighted by Gasteiger charge is -2.25. The molecule has 0 aromatic heterocycles. The van der Waals surface area contributed by atoms with Gasteiger partial charge in [0.15, 0.2) is 5.96 Å². The number of aliphatic imine (C=N–C) groups is 1. The maximum Gasteiger partial charge on any atom is 0.193 e. The molecule has 1 N–H and O–H groups in total. The first-order valence-electron chi connectivity index (χ1n) is 9.23. The molecule has 1 aromatic carbocycles. The highest BCUT2D eigenvalue weighted by atomic mass is 19.1. The number of halogens is 1. The van der Waals surface area contributed by atoms with Crippen LogP contribution >= 0.6 is 0 Å². The number of guanidine groups is 1. The third kappa shape index (κ3) is 3.14. The predicted molar refractivity (Wildman–Crippen MR) is 94.8 cm³/mol. The molecule has 3 aliphatic rings. The number of hydrogen-bond donors (Lipinski definition) is 1. The van der Waals surface area contributed by atoms with Gasteiger partial charge in [-0.2, -0.15) is 0 Å². The summed E-state index contributed by atoms with van der Waals surface area (Å²) in [4.78, 5) is 9.49. The van der Waals surface area contributed by atoms with Crippen molar-refractivity contribution in [3.05, 3.63) is 35.6 Å². The zero-order valence-electron chi connectivity index (χ0n) is 14.4. The molecule has 2 aliphatic heterocycles. The van der Waals surface area contributed by atoms with E-state index in [9.17, 15) is 4.39 Å². The Kier molecular flexibility index (Phi) is 4.44. The molecular formula is C19H27FN4. The largest absolute Gasteiger partial charge is 0.353 e. The Hall–Kier alpha value is -1.62. The molecule has 0 spiro atoms. The van der Waals surface area contributed by atoms with Gasteiger partial charge in [-0.1, -0.05) is 18.2 Å². The van der Waals surface area contributed by atoms with Gasteiger partial charge in [-0.25, -0.2) is 4.39 Å². The Labute approximate surface area is 143 Å². The predicted octanol–water partition coefficient (Wildman–Crippen LogP) is 2.43. The molecule has 2 heterocycles. The summed E-state index contributed by atoms with van der Waals surface area (Å²) >= 11 is 0. The van der Waals surface area contributed by atoms with Crippen molar-refractivity contribution in [3.63, 3.8) is 0 Å². The van der Waals surface area contributed by atoms with E-state index in [1.807, 2.05) is 19.2 Å². The average Bonchev–Trinajstić information content (AvgIpc) is 3.01. The van der Waals surface area contributed by atoms with Gasteiger partial charge in [0.25, 0.3) is 0 Å². The van der Waals surface area contributed by atoms with Crippen LogP contribution in [0.1, 0.15) is 37.2 Å². The lowest BCUT2D eigenvalue weighted by Crippen LogP contribution is -2.43. The van der Waals surface area contributed by atoms with E-state index in [0.29, 0.717) is 12.1 Å². The van der Waals surface area contributed by atoms with Gasteiger partial charge < -0.3 is 10.2 Å². The fourth-order valence-corrected chi connectivity index (χ4v) is 4.28. The Morgan fingerprint density at radius 1 is 1.21 bits per heavy atom. The smallest absolute Gasteiger partial charge is 0.193 e. The third-order valence-electron chi connectivity index (χ3n) is 5.74. The molecular weight excluding hydrogens is 303 g/mol. The number of nitrogens with one attached hydrogen (secondary N) is 1. The minimum absolute atomic E-state index is 0.0861. The van der Waals surface area contributed by atoms with Crippen LogP contribution in [-0.2, 0) is 0 Å². The lowest BCUT2D eigenvalue weighted by atomic mass is 10.1. The zero-order valence-corrected chi connectivity index (χ0v) is 14.4. The van der Waals surface area contributed by atoms with Gasteiger partial charge in [0.2, 0.25) is 0 Å². The quantitative estimate of drug-likeness (QED) is 0.682. The molecule has 2 saturated heterocycles. The average molecular weight is 330 g/mol. The summed E-state index contributed by atoms with van der Waals surface area (Å²) in [5.74, 6) is 1.18. The maximum absolute atomic E-state index is 13.9. The minimum atomic E-state index is -0.0861. The van der Waals surface area contributed by atoms with E-state index in [0.717, 1.165) is 31.0 Å². The second-order valence-electron chi connectivity index (χ2n) is 7.29. The van der Waals surface area contributed by atoms with E-state index >= 15 is 0 Å². The lowest BCUT2D eigenvalue weighted by molar-refractivity contribution is 0.249. The molecule has 0 amide bonds. The van der Waals surface area contributed by atoms with Crippen LogP contribution in [0.5, 0.6) is 0 Å². The van der Waals surface area contributed by atoms with E-state index in [1.165, 1.54) is 32.4 Å². The minimum Gasteiger partial charge on any atom is -0.353 e. The van der Waals surface area contributed by atoms with Crippen molar-refractivity contribution in [1.82, 2.24) is 15.1 Å². The van der Waals surface area contributed by atoms with Crippen LogP contribution in [0.4, 0.5) is 4.39 Å². The highest BCUT2D eigenvalue weighted by molar-refractivity contribution is 5.81. The molecule has 5 heteroatoms. The highest BCUT2D eigenvalue weighted by Crippen LogP contribution is 2.42. The summed E-state index contributed by atoms with van der Waals surface area (Å²) in [6, 6.07) is 8.12. The molecule has 3 atom stereocenters. The van der Waals surface area contributed by atoms with E-state index in [-0.39, 0.29) is 11.7 Å². The van der Waals surface area contributed by atoms with Crippen LogP contribution in [-0.4, -0.2) is 61.1 Å². The van der Waals surface area contributed by atoms with Gasteiger partial charge in [-0.05, 0) is 50.4 Å². The van der Waals surface area contributed by atoms with Crippen molar-refractivity contribution in [2.45, 2.75) is 43.7 Å². The van der Waals surface area contributed by atoms with Gasteiger partial charge in [0, 0.05) is 38.1 Å². The molecule has 3 unspecified atom stereocenters. The molecule has 0 radical (unpaired) electrons. The molecule has 1 aliphatic carbocycles. The van der Waals surface area contributed by atoms with Crippen LogP contribution in [0.3, 0.4) is 0 Å². The molecule has 1 aromatic rings. The zero-order chi connectivity index (χ0) is 16.5. The summed E-state index contributed by atoms with van der Waals surface area (Å²) in [6.45, 7) is 4.64. The van der Waals surface area contributed by atoms with Crippen LogP contribution in [0.25, 0.3) is 0 Å². The Morgan fingerprint density at radius 3 is 2.75 bits per heavy atom. The number of nitrogens with zero attached hydrogens (tertiary/aromatic N) is 3. The molecule has 130 valence electrons. The normalized spacial score (nSPS) is 30.8. The first-order valence-corrected chi connectivity index (χ1v) is 9.23. The number of rotatable bonds is 3. The first kappa shape index (κ1) is 15.9. The fourth-order valence-electron chi connectivity index (χ4n) is 4.28. The summed E-state index contributed by atoms with van der Waals surface area (Å²) in [6.07, 6.45) is 4.90. The van der Waals surface area contributed by atoms with Gasteiger partial charge in [0.05, 0.1) is 0 Å². The first-order chi connectivity index (χ1) is 11.8. The topological polar surface area (TPSA) is 30.9 Å². The van der Waals surface area contributed by atoms with E-state index in [2.05, 4.69) is 20.1 Å². The maximum atomic E-state index is 13.9. The number of benzene rings is 1.